The van der Waals surface area contributed by atoms with E-state index in [-0.39, 0.29) is 11.9 Å². The van der Waals surface area contributed by atoms with Crippen LogP contribution in [0.1, 0.15) is 22.3 Å². The second kappa shape index (κ2) is 5.65. The van der Waals surface area contributed by atoms with Gasteiger partial charge in [-0.25, -0.2) is 0 Å². The van der Waals surface area contributed by atoms with Gasteiger partial charge < -0.3 is 14.6 Å². The molecule has 1 saturated heterocycles. The van der Waals surface area contributed by atoms with Crippen LogP contribution in [0.15, 0.2) is 24.3 Å². The van der Waals surface area contributed by atoms with Crippen LogP contribution in [-0.2, 0) is 4.74 Å². The molecule has 1 atom stereocenters. The van der Waals surface area contributed by atoms with Crippen LogP contribution >= 0.6 is 0 Å². The fourth-order valence-electron chi connectivity index (χ4n) is 2.76. The number of epoxide rings is 1. The molecule has 0 radical (unpaired) electrons. The maximum Gasteiger partial charge on any atom is 0.169 e. The van der Waals surface area contributed by atoms with Gasteiger partial charge in [0.05, 0.1) is 6.61 Å². The zero-order valence-corrected chi connectivity index (χ0v) is 13.6. The Morgan fingerprint density at radius 3 is 2.41 bits per heavy atom. The molecule has 2 aromatic carbocycles. The molecule has 0 saturated carbocycles. The minimum Gasteiger partial charge on any atom is -0.504 e. The first-order chi connectivity index (χ1) is 10.5. The van der Waals surface area contributed by atoms with Crippen molar-refractivity contribution < 1.29 is 14.6 Å². The van der Waals surface area contributed by atoms with Gasteiger partial charge in [0, 0.05) is 5.56 Å². The predicted molar refractivity (Wildman–Crippen MR) is 87.7 cm³/mol. The van der Waals surface area contributed by atoms with Gasteiger partial charge in [0.25, 0.3) is 0 Å². The number of rotatable bonds is 4. The van der Waals surface area contributed by atoms with Crippen molar-refractivity contribution >= 4 is 0 Å². The van der Waals surface area contributed by atoms with Gasteiger partial charge in [0.1, 0.15) is 12.7 Å². The van der Waals surface area contributed by atoms with E-state index in [1.54, 1.807) is 0 Å². The topological polar surface area (TPSA) is 42.0 Å². The van der Waals surface area contributed by atoms with Crippen LogP contribution in [0.3, 0.4) is 0 Å². The van der Waals surface area contributed by atoms with Crippen molar-refractivity contribution in [1.29, 1.82) is 0 Å². The summed E-state index contributed by atoms with van der Waals surface area (Å²) >= 11 is 0. The van der Waals surface area contributed by atoms with Crippen molar-refractivity contribution in [3.05, 3.63) is 46.5 Å². The van der Waals surface area contributed by atoms with Crippen molar-refractivity contribution in [2.24, 2.45) is 0 Å². The summed E-state index contributed by atoms with van der Waals surface area (Å²) in [6, 6.07) is 8.19. The number of ether oxygens (including phenoxy) is 2. The molecule has 1 aliphatic rings. The van der Waals surface area contributed by atoms with E-state index in [0.29, 0.717) is 12.4 Å². The van der Waals surface area contributed by atoms with Gasteiger partial charge in [-0.15, -0.1) is 0 Å². The molecule has 0 aromatic heterocycles. The third-order valence-electron chi connectivity index (χ3n) is 4.53. The van der Waals surface area contributed by atoms with E-state index >= 15 is 0 Å². The van der Waals surface area contributed by atoms with Gasteiger partial charge in [-0.3, -0.25) is 0 Å². The molecule has 3 heteroatoms. The Morgan fingerprint density at radius 2 is 1.77 bits per heavy atom. The van der Waals surface area contributed by atoms with E-state index in [9.17, 15) is 5.11 Å². The van der Waals surface area contributed by atoms with E-state index < -0.39 is 0 Å². The molecule has 22 heavy (non-hydrogen) atoms. The Labute approximate surface area is 131 Å². The molecule has 0 aliphatic carbocycles. The monoisotopic (exact) mass is 298 g/mol. The maximum absolute atomic E-state index is 10.6. The van der Waals surface area contributed by atoms with E-state index in [1.165, 1.54) is 5.56 Å². The molecule has 2 aromatic rings. The molecule has 0 spiro atoms. The minimum absolute atomic E-state index is 0.158. The molecule has 1 fully saturated rings. The van der Waals surface area contributed by atoms with Gasteiger partial charge in [0.15, 0.2) is 11.5 Å². The van der Waals surface area contributed by atoms with Crippen LogP contribution in [0.2, 0.25) is 0 Å². The van der Waals surface area contributed by atoms with Crippen molar-refractivity contribution in [3.8, 4) is 22.6 Å². The lowest BCUT2D eigenvalue weighted by Crippen LogP contribution is -2.07. The standard InChI is InChI=1S/C19H22O3/c1-11-7-5-6-8-16(11)17-13(3)12(2)14(4)18(20)19(17)22-10-15-9-21-15/h5-8,15,20H,9-10H2,1-4H3. The highest BCUT2D eigenvalue weighted by molar-refractivity contribution is 5.81. The zero-order chi connectivity index (χ0) is 15.9. The van der Waals surface area contributed by atoms with Crippen LogP contribution in [0.4, 0.5) is 0 Å². The molecular formula is C19H22O3. The predicted octanol–water partition coefficient (Wildman–Crippen LogP) is 4.07. The number of aryl methyl sites for hydroxylation is 1. The first kappa shape index (κ1) is 14.9. The lowest BCUT2D eigenvalue weighted by atomic mass is 9.90. The van der Waals surface area contributed by atoms with E-state index in [2.05, 4.69) is 26.0 Å². The molecule has 3 nitrogen and oxygen atoms in total. The van der Waals surface area contributed by atoms with Gasteiger partial charge in [-0.05, 0) is 55.5 Å². The van der Waals surface area contributed by atoms with Crippen molar-refractivity contribution in [3.63, 3.8) is 0 Å². The number of aromatic hydroxyl groups is 1. The van der Waals surface area contributed by atoms with E-state index in [4.69, 9.17) is 9.47 Å². The zero-order valence-electron chi connectivity index (χ0n) is 13.6. The number of benzene rings is 2. The lowest BCUT2D eigenvalue weighted by Gasteiger charge is -2.21. The summed E-state index contributed by atoms with van der Waals surface area (Å²) < 4.78 is 11.2. The summed E-state index contributed by atoms with van der Waals surface area (Å²) in [7, 11) is 0. The van der Waals surface area contributed by atoms with Crippen LogP contribution in [0, 0.1) is 27.7 Å². The van der Waals surface area contributed by atoms with Crippen molar-refractivity contribution in [2.75, 3.05) is 13.2 Å². The summed E-state index contributed by atoms with van der Waals surface area (Å²) in [5, 5.41) is 10.6. The number of phenolic OH excluding ortho intramolecular Hbond substituents is 1. The summed E-state index contributed by atoms with van der Waals surface area (Å²) in [5.41, 5.74) is 6.38. The SMILES string of the molecule is Cc1ccccc1-c1c(C)c(C)c(C)c(O)c1OCC1CO1. The number of hydrogen-bond acceptors (Lipinski definition) is 3. The Bertz CT molecular complexity index is 715. The summed E-state index contributed by atoms with van der Waals surface area (Å²) in [6.45, 7) is 9.36. The summed E-state index contributed by atoms with van der Waals surface area (Å²) in [4.78, 5) is 0. The largest absolute Gasteiger partial charge is 0.504 e. The molecular weight excluding hydrogens is 276 g/mol. The van der Waals surface area contributed by atoms with Gasteiger partial charge in [-0.2, -0.15) is 0 Å². The highest BCUT2D eigenvalue weighted by Crippen LogP contribution is 2.45. The van der Waals surface area contributed by atoms with Crippen LogP contribution in [0.5, 0.6) is 11.5 Å². The molecule has 3 rings (SSSR count). The van der Waals surface area contributed by atoms with E-state index in [0.717, 1.165) is 34.4 Å². The van der Waals surface area contributed by atoms with Crippen LogP contribution < -0.4 is 4.74 Å². The Hall–Kier alpha value is -2.00. The van der Waals surface area contributed by atoms with Crippen LogP contribution in [0.25, 0.3) is 11.1 Å². The third kappa shape index (κ3) is 2.57. The summed E-state index contributed by atoms with van der Waals surface area (Å²) in [6.07, 6.45) is 0.158. The minimum atomic E-state index is 0.158. The lowest BCUT2D eigenvalue weighted by molar-refractivity contribution is 0.254. The molecule has 1 aliphatic heterocycles. The van der Waals surface area contributed by atoms with Crippen LogP contribution in [-0.4, -0.2) is 24.4 Å². The number of hydrogen-bond donors (Lipinski definition) is 1. The quantitative estimate of drug-likeness (QED) is 0.865. The van der Waals surface area contributed by atoms with Gasteiger partial charge in [-0.1, -0.05) is 24.3 Å². The first-order valence-electron chi connectivity index (χ1n) is 7.63. The molecule has 0 bridgehead atoms. The fraction of sp³-hybridized carbons (Fsp3) is 0.368. The highest BCUT2D eigenvalue weighted by Gasteiger charge is 2.26. The fourth-order valence-corrected chi connectivity index (χ4v) is 2.76. The van der Waals surface area contributed by atoms with Gasteiger partial charge in [0.2, 0.25) is 0 Å². The average molecular weight is 298 g/mol. The normalized spacial score (nSPS) is 16.6. The molecule has 1 N–H and O–H groups in total. The average Bonchev–Trinajstić information content (AvgIpc) is 3.33. The summed E-state index contributed by atoms with van der Waals surface area (Å²) in [5.74, 6) is 0.812. The molecule has 116 valence electrons. The highest BCUT2D eigenvalue weighted by atomic mass is 16.6. The van der Waals surface area contributed by atoms with E-state index in [1.807, 2.05) is 26.0 Å². The van der Waals surface area contributed by atoms with Crippen molar-refractivity contribution in [2.45, 2.75) is 33.8 Å². The Kier molecular flexibility index (Phi) is 3.83. The molecule has 1 heterocycles. The second-order valence-corrected chi connectivity index (χ2v) is 6.01. The first-order valence-corrected chi connectivity index (χ1v) is 7.63. The molecule has 0 amide bonds. The van der Waals surface area contributed by atoms with Crippen molar-refractivity contribution in [1.82, 2.24) is 0 Å². The Morgan fingerprint density at radius 1 is 1.09 bits per heavy atom. The number of phenols is 1. The third-order valence-corrected chi connectivity index (χ3v) is 4.53. The second-order valence-electron chi connectivity index (χ2n) is 6.01. The Balaban J connectivity index is 2.19. The maximum atomic E-state index is 10.6. The smallest absolute Gasteiger partial charge is 0.169 e. The van der Waals surface area contributed by atoms with Gasteiger partial charge >= 0.3 is 0 Å². The molecule has 1 unspecified atom stereocenters.